The van der Waals surface area contributed by atoms with Crippen LogP contribution >= 0.6 is 0 Å². The number of piperidine rings is 1. The third kappa shape index (κ3) is 2.98. The van der Waals surface area contributed by atoms with Crippen molar-refractivity contribution in [3.63, 3.8) is 0 Å². The second-order valence-corrected chi connectivity index (χ2v) is 8.74. The summed E-state index contributed by atoms with van der Waals surface area (Å²) in [7, 11) is 1.63. The molecule has 0 spiro atoms. The maximum absolute atomic E-state index is 15.1. The Balaban J connectivity index is 1.51. The molecule has 1 saturated heterocycles. The Kier molecular flexibility index (Phi) is 4.58. The molecule has 1 aliphatic heterocycles. The van der Waals surface area contributed by atoms with E-state index in [2.05, 4.69) is 30.2 Å². The monoisotopic (exact) mass is 468 g/mol. The number of H-pyrrole nitrogens is 1. The van der Waals surface area contributed by atoms with Crippen molar-refractivity contribution >= 4 is 33.4 Å². The average molecular weight is 468 g/mol. The number of fused-ring (bicyclic) bond motifs is 4. The van der Waals surface area contributed by atoms with E-state index >= 15 is 4.39 Å². The lowest BCUT2D eigenvalue weighted by Gasteiger charge is -2.59. The van der Waals surface area contributed by atoms with Crippen molar-refractivity contribution in [3.05, 3.63) is 35.9 Å². The molecular weight excluding hydrogens is 446 g/mol. The van der Waals surface area contributed by atoms with E-state index in [4.69, 9.17) is 10.5 Å². The van der Waals surface area contributed by atoms with Crippen LogP contribution < -0.4 is 20.7 Å². The molecule has 2 fully saturated rings. The zero-order valence-corrected chi connectivity index (χ0v) is 18.4. The average Bonchev–Trinajstić information content (AvgIpc) is 3.19. The van der Waals surface area contributed by atoms with Gasteiger partial charge in [-0.15, -0.1) is 0 Å². The third-order valence-corrected chi connectivity index (χ3v) is 6.72. The number of anilines is 2. The molecule has 3 aromatic heterocycles. The summed E-state index contributed by atoms with van der Waals surface area (Å²) in [6, 6.07) is 1.41. The van der Waals surface area contributed by atoms with Crippen LogP contribution in [0.25, 0.3) is 21.9 Å². The van der Waals surface area contributed by atoms with Gasteiger partial charge in [0.1, 0.15) is 17.6 Å². The number of rotatable bonds is 5. The van der Waals surface area contributed by atoms with Gasteiger partial charge in [0.15, 0.2) is 23.2 Å². The molecule has 1 aromatic carbocycles. The Labute approximate surface area is 192 Å². The first-order valence-electron chi connectivity index (χ1n) is 10.9. The smallest absolute Gasteiger partial charge is 0.326 e. The molecule has 0 radical (unpaired) electrons. The van der Waals surface area contributed by atoms with Crippen LogP contribution in [0.4, 0.5) is 20.3 Å². The van der Waals surface area contributed by atoms with Gasteiger partial charge in [0.2, 0.25) is 0 Å². The number of nitrogens with zero attached hydrogens (tertiary/aromatic N) is 5. The summed E-state index contributed by atoms with van der Waals surface area (Å²) in [4.78, 5) is 22.3. The highest BCUT2D eigenvalue weighted by Crippen LogP contribution is 2.47. The van der Waals surface area contributed by atoms with Gasteiger partial charge < -0.3 is 30.8 Å². The summed E-state index contributed by atoms with van der Waals surface area (Å²) < 4.78 is 35.3. The first kappa shape index (κ1) is 20.9. The van der Waals surface area contributed by atoms with E-state index < -0.39 is 17.7 Å². The Bertz CT molecular complexity index is 1420. The summed E-state index contributed by atoms with van der Waals surface area (Å²) in [5, 5.41) is 13.0. The number of aliphatic hydroxyl groups is 1. The van der Waals surface area contributed by atoms with Crippen molar-refractivity contribution in [2.45, 2.75) is 31.5 Å². The zero-order chi connectivity index (χ0) is 23.7. The molecule has 4 unspecified atom stereocenters. The summed E-state index contributed by atoms with van der Waals surface area (Å²) in [5.74, 6) is -0.617. The Hall–Kier alpha value is -3.64. The number of aliphatic hydroxyl groups excluding tert-OH is 1. The van der Waals surface area contributed by atoms with Crippen molar-refractivity contribution < 1.29 is 18.6 Å². The normalized spacial score (nSPS) is 22.3. The maximum Gasteiger partial charge on any atom is 0.326 e. The molecule has 0 bridgehead atoms. The molecule has 10 nitrogen and oxygen atoms in total. The van der Waals surface area contributed by atoms with Crippen molar-refractivity contribution in [2.75, 3.05) is 23.8 Å². The standard InChI is InChI=1S/C22H22F2N8O2/c1-8(33)19-27-5-9(6-28-19)34-22-30-20-16(21(31-22)32-7-10-12(25)4-14(10)32)15-17(24)11(23)3-13(26-2)18(15)29-20/h3,5-6,8,10,12,14,26,33H,4,7,25H2,1-2H3,(H,29,30,31). The highest BCUT2D eigenvalue weighted by molar-refractivity contribution is 6.15. The van der Waals surface area contributed by atoms with Gasteiger partial charge >= 0.3 is 6.01 Å². The van der Waals surface area contributed by atoms with Crippen LogP contribution in [0.15, 0.2) is 18.5 Å². The Morgan fingerprint density at radius 3 is 2.65 bits per heavy atom. The topological polar surface area (TPSA) is 138 Å². The second kappa shape index (κ2) is 7.43. The maximum atomic E-state index is 15.1. The molecule has 0 amide bonds. The molecule has 34 heavy (non-hydrogen) atoms. The number of nitrogens with two attached hydrogens (primary N) is 1. The number of benzene rings is 1. The van der Waals surface area contributed by atoms with Crippen LogP contribution in [0.1, 0.15) is 25.3 Å². The lowest BCUT2D eigenvalue weighted by atomic mass is 9.67. The van der Waals surface area contributed by atoms with Crippen LogP contribution in [-0.2, 0) is 0 Å². The minimum atomic E-state index is -0.969. The van der Waals surface area contributed by atoms with E-state index in [-0.39, 0.29) is 35.1 Å². The summed E-state index contributed by atoms with van der Waals surface area (Å²) in [5.41, 5.74) is 7.19. The molecule has 176 valence electrons. The number of ether oxygens (including phenoxy) is 1. The van der Waals surface area contributed by atoms with Crippen molar-refractivity contribution in [3.8, 4) is 11.8 Å². The van der Waals surface area contributed by atoms with E-state index in [9.17, 15) is 9.50 Å². The fourth-order valence-electron chi connectivity index (χ4n) is 4.81. The molecule has 2 aliphatic rings. The van der Waals surface area contributed by atoms with Gasteiger partial charge in [0.25, 0.3) is 0 Å². The van der Waals surface area contributed by atoms with Crippen molar-refractivity contribution in [1.82, 2.24) is 24.9 Å². The van der Waals surface area contributed by atoms with Gasteiger partial charge in [-0.1, -0.05) is 0 Å². The highest BCUT2D eigenvalue weighted by atomic mass is 19.2. The second-order valence-electron chi connectivity index (χ2n) is 8.74. The van der Waals surface area contributed by atoms with Crippen LogP contribution in [0.3, 0.4) is 0 Å². The molecule has 6 rings (SSSR count). The fourth-order valence-corrected chi connectivity index (χ4v) is 4.81. The first-order chi connectivity index (χ1) is 16.4. The van der Waals surface area contributed by atoms with Gasteiger partial charge in [-0.25, -0.2) is 18.7 Å². The van der Waals surface area contributed by atoms with Crippen molar-refractivity contribution in [1.29, 1.82) is 0 Å². The minimum Gasteiger partial charge on any atom is -0.421 e. The van der Waals surface area contributed by atoms with Gasteiger partial charge in [-0.05, 0) is 13.3 Å². The molecule has 4 aromatic rings. The van der Waals surface area contributed by atoms with Gasteiger partial charge in [0.05, 0.1) is 34.4 Å². The van der Waals surface area contributed by atoms with E-state index in [1.54, 1.807) is 14.0 Å². The molecule has 12 heteroatoms. The minimum absolute atomic E-state index is 0.00131. The molecule has 5 N–H and O–H groups in total. The SMILES string of the molecule is CNc1cc(F)c(F)c2c1[nH]c1nc(Oc3cnc(C(C)O)nc3)nc(N3CC4C(N)CC43)c12. The number of halogens is 2. The number of aromatic amines is 1. The summed E-state index contributed by atoms with van der Waals surface area (Å²) >= 11 is 0. The van der Waals surface area contributed by atoms with Crippen LogP contribution in [0.5, 0.6) is 11.8 Å². The van der Waals surface area contributed by atoms with E-state index in [1.807, 2.05) is 4.90 Å². The fraction of sp³-hybridized carbons (Fsp3) is 0.364. The number of hydrogen-bond donors (Lipinski definition) is 4. The van der Waals surface area contributed by atoms with Crippen molar-refractivity contribution in [2.24, 2.45) is 11.7 Å². The predicted molar refractivity (Wildman–Crippen MR) is 121 cm³/mol. The zero-order valence-electron chi connectivity index (χ0n) is 18.4. The van der Waals surface area contributed by atoms with E-state index in [0.717, 1.165) is 12.5 Å². The summed E-state index contributed by atoms with van der Waals surface area (Å²) in [6.07, 6.45) is 2.80. The molecule has 4 heterocycles. The lowest BCUT2D eigenvalue weighted by molar-refractivity contribution is 0.121. The van der Waals surface area contributed by atoms with E-state index in [0.29, 0.717) is 40.5 Å². The quantitative estimate of drug-likeness (QED) is 0.348. The van der Waals surface area contributed by atoms with Gasteiger partial charge in [-0.2, -0.15) is 9.97 Å². The summed E-state index contributed by atoms with van der Waals surface area (Å²) in [6.45, 7) is 2.22. The molecule has 1 aliphatic carbocycles. The van der Waals surface area contributed by atoms with E-state index in [1.165, 1.54) is 12.4 Å². The van der Waals surface area contributed by atoms with Crippen LogP contribution in [0, 0.1) is 17.6 Å². The predicted octanol–water partition coefficient (Wildman–Crippen LogP) is 2.60. The lowest BCUT2D eigenvalue weighted by Crippen LogP contribution is -2.71. The number of nitrogens with one attached hydrogen (secondary N) is 2. The molecule has 4 atom stereocenters. The Morgan fingerprint density at radius 2 is 2.03 bits per heavy atom. The number of aromatic nitrogens is 5. The molecule has 1 saturated carbocycles. The molecular formula is C22H22F2N8O2. The highest BCUT2D eigenvalue weighted by Gasteiger charge is 2.52. The van der Waals surface area contributed by atoms with Gasteiger partial charge in [-0.3, -0.25) is 0 Å². The Morgan fingerprint density at radius 1 is 1.26 bits per heavy atom. The third-order valence-electron chi connectivity index (χ3n) is 6.72. The first-order valence-corrected chi connectivity index (χ1v) is 10.9. The van der Waals surface area contributed by atoms with Crippen LogP contribution in [-0.4, -0.2) is 55.7 Å². The largest absolute Gasteiger partial charge is 0.421 e. The van der Waals surface area contributed by atoms with Crippen LogP contribution in [0.2, 0.25) is 0 Å². The van der Waals surface area contributed by atoms with Gasteiger partial charge in [0, 0.05) is 37.7 Å². The number of hydrogen-bond acceptors (Lipinski definition) is 9.